The Kier molecular flexibility index (Phi) is 3.57. The molecule has 0 N–H and O–H groups in total. The van der Waals surface area contributed by atoms with Crippen molar-refractivity contribution >= 4 is 34.4 Å². The molecule has 0 heterocycles. The van der Waals surface area contributed by atoms with Gasteiger partial charge in [0.05, 0.1) is 7.11 Å². The molecule has 0 aliphatic heterocycles. The van der Waals surface area contributed by atoms with Crippen LogP contribution in [0.3, 0.4) is 0 Å². The van der Waals surface area contributed by atoms with Gasteiger partial charge >= 0.3 is 0 Å². The second-order valence-electron chi connectivity index (χ2n) is 2.05. The van der Waals surface area contributed by atoms with Crippen molar-refractivity contribution in [2.75, 3.05) is 7.11 Å². The molecular weight excluding hydrogens is 221 g/mol. The number of halogens is 3. The summed E-state index contributed by atoms with van der Waals surface area (Å²) in [6.07, 6.45) is 0. The Bertz CT molecular complexity index is 280. The highest BCUT2D eigenvalue weighted by Crippen LogP contribution is 2.46. The van der Waals surface area contributed by atoms with Crippen LogP contribution in [-0.4, -0.2) is 7.11 Å². The topological polar surface area (TPSA) is 9.23 Å². The van der Waals surface area contributed by atoms with Crippen molar-refractivity contribution in [1.29, 1.82) is 0 Å². The van der Waals surface area contributed by atoms with Crippen LogP contribution in [0.5, 0.6) is 5.75 Å². The maximum absolute atomic E-state index is 13.1. The van der Waals surface area contributed by atoms with E-state index < -0.39 is 12.4 Å². The van der Waals surface area contributed by atoms with Crippen LogP contribution < -0.4 is 10.0 Å². The Morgan fingerprint density at radius 2 is 2.08 bits per heavy atom. The summed E-state index contributed by atoms with van der Waals surface area (Å²) in [4.78, 5) is 0. The van der Waals surface area contributed by atoms with Gasteiger partial charge in [-0.25, -0.2) is 4.39 Å². The van der Waals surface area contributed by atoms with Gasteiger partial charge in [-0.2, -0.15) is 0 Å². The van der Waals surface area contributed by atoms with E-state index in [1.807, 2.05) is 0 Å². The molecule has 0 atom stereocenters. The van der Waals surface area contributed by atoms with Gasteiger partial charge in [0, 0.05) is 11.4 Å². The predicted octanol–water partition coefficient (Wildman–Crippen LogP) is 3.25. The highest BCUT2D eigenvalue weighted by atomic mass is 35.9. The zero-order valence-corrected chi connectivity index (χ0v) is 8.63. The third-order valence-electron chi connectivity index (χ3n) is 1.34. The minimum atomic E-state index is -1.42. The van der Waals surface area contributed by atoms with E-state index >= 15 is 0 Å². The summed E-state index contributed by atoms with van der Waals surface area (Å²) < 4.78 is 17.9. The average Bonchev–Trinajstić information content (AvgIpc) is 2.03. The molecule has 0 saturated heterocycles. The summed E-state index contributed by atoms with van der Waals surface area (Å²) in [6, 6.07) is 4.41. The fourth-order valence-electron chi connectivity index (χ4n) is 0.752. The molecule has 0 saturated carbocycles. The lowest BCUT2D eigenvalue weighted by atomic mass is 10.3. The Morgan fingerprint density at radius 3 is 2.50 bits per heavy atom. The molecule has 0 aliphatic carbocycles. The van der Waals surface area contributed by atoms with Gasteiger partial charge in [0.2, 0.25) is 0 Å². The van der Waals surface area contributed by atoms with Crippen molar-refractivity contribution < 1.29 is 9.13 Å². The van der Waals surface area contributed by atoms with E-state index in [0.29, 0.717) is 11.1 Å². The Balaban J connectivity index is 3.03. The molecule has 0 aliphatic rings. The molecule has 0 fully saturated rings. The summed E-state index contributed by atoms with van der Waals surface area (Å²) in [7, 11) is 1.47. The largest absolute Gasteiger partial charge is 0.497 e. The first-order valence-corrected chi connectivity index (χ1v) is 6.25. The van der Waals surface area contributed by atoms with E-state index in [4.69, 9.17) is 27.2 Å². The lowest BCUT2D eigenvalue weighted by Gasteiger charge is -2.04. The van der Waals surface area contributed by atoms with Crippen LogP contribution in [-0.2, 0) is 0 Å². The number of hydrogen-bond acceptors (Lipinski definition) is 1. The number of methoxy groups -OCH3 is 1. The second-order valence-corrected chi connectivity index (χ2v) is 5.55. The van der Waals surface area contributed by atoms with Gasteiger partial charge < -0.3 is 4.74 Å². The van der Waals surface area contributed by atoms with Crippen LogP contribution in [0.15, 0.2) is 18.2 Å². The number of rotatable bonds is 2. The molecule has 0 amide bonds. The Labute approximate surface area is 80.8 Å². The monoisotopic (exact) mass is 226 g/mol. The summed E-state index contributed by atoms with van der Waals surface area (Å²) in [5, 5.41) is 0.328. The maximum atomic E-state index is 13.1. The van der Waals surface area contributed by atoms with Crippen LogP contribution in [0.4, 0.5) is 4.39 Å². The van der Waals surface area contributed by atoms with E-state index in [1.54, 1.807) is 6.07 Å². The van der Waals surface area contributed by atoms with Gasteiger partial charge in [-0.3, -0.25) is 0 Å². The number of benzene rings is 1. The van der Waals surface area contributed by atoms with Crippen molar-refractivity contribution in [3.8, 4) is 5.75 Å². The maximum Gasteiger partial charge on any atom is 0.136 e. The van der Waals surface area contributed by atoms with Crippen molar-refractivity contribution in [2.45, 2.75) is 0 Å². The fourth-order valence-corrected chi connectivity index (χ4v) is 1.99. The molecule has 12 heavy (non-hydrogen) atoms. The highest BCUT2D eigenvalue weighted by molar-refractivity contribution is 8.08. The van der Waals surface area contributed by atoms with E-state index in [-0.39, 0.29) is 0 Å². The molecule has 1 aromatic carbocycles. The quantitative estimate of drug-likeness (QED) is 0.704. The van der Waals surface area contributed by atoms with Crippen molar-refractivity contribution in [1.82, 2.24) is 0 Å². The normalized spacial score (nSPS) is 10.4. The lowest BCUT2D eigenvalue weighted by molar-refractivity contribution is 0.411. The van der Waals surface area contributed by atoms with Crippen molar-refractivity contribution in [3.05, 3.63) is 24.0 Å². The van der Waals surface area contributed by atoms with E-state index in [2.05, 4.69) is 0 Å². The van der Waals surface area contributed by atoms with Crippen LogP contribution in [0.25, 0.3) is 0 Å². The van der Waals surface area contributed by atoms with Gasteiger partial charge in [0.15, 0.2) is 0 Å². The SMILES string of the molecule is COc1ccc(P(Cl)Cl)c(F)c1. The Morgan fingerprint density at radius 1 is 1.42 bits per heavy atom. The third kappa shape index (κ3) is 2.22. The zero-order chi connectivity index (χ0) is 9.14. The van der Waals surface area contributed by atoms with Gasteiger partial charge in [-0.15, -0.1) is 0 Å². The molecular formula is C7H6Cl2FOP. The lowest BCUT2D eigenvalue weighted by Crippen LogP contribution is -2.01. The summed E-state index contributed by atoms with van der Waals surface area (Å²) in [6.45, 7) is -1.42. The molecule has 66 valence electrons. The number of ether oxygens (including phenoxy) is 1. The summed E-state index contributed by atoms with van der Waals surface area (Å²) >= 11 is 11.1. The van der Waals surface area contributed by atoms with E-state index in [0.717, 1.165) is 0 Å². The first-order valence-electron chi connectivity index (χ1n) is 3.10. The molecule has 1 rings (SSSR count). The zero-order valence-electron chi connectivity index (χ0n) is 6.22. The van der Waals surface area contributed by atoms with E-state index in [9.17, 15) is 4.39 Å². The fraction of sp³-hybridized carbons (Fsp3) is 0.143. The van der Waals surface area contributed by atoms with Crippen LogP contribution in [0, 0.1) is 5.82 Å². The number of hydrogen-bond donors (Lipinski definition) is 0. The van der Waals surface area contributed by atoms with Crippen LogP contribution in [0.1, 0.15) is 0 Å². The third-order valence-corrected chi connectivity index (χ3v) is 3.16. The molecule has 0 bridgehead atoms. The molecule has 1 aromatic rings. The first-order chi connectivity index (χ1) is 5.65. The Hall–Kier alpha value is -0.0400. The molecule has 0 aromatic heterocycles. The minimum absolute atomic E-state index is 0.328. The molecule has 0 spiro atoms. The van der Waals surface area contributed by atoms with Gasteiger partial charge in [-0.1, -0.05) is 22.5 Å². The van der Waals surface area contributed by atoms with Crippen molar-refractivity contribution in [2.24, 2.45) is 0 Å². The summed E-state index contributed by atoms with van der Waals surface area (Å²) in [5.41, 5.74) is 0. The van der Waals surface area contributed by atoms with E-state index in [1.165, 1.54) is 19.2 Å². The molecule has 5 heteroatoms. The second kappa shape index (κ2) is 4.27. The van der Waals surface area contributed by atoms with Gasteiger partial charge in [-0.05, 0) is 12.1 Å². The van der Waals surface area contributed by atoms with Crippen LogP contribution >= 0.6 is 29.1 Å². The minimum Gasteiger partial charge on any atom is -0.497 e. The van der Waals surface area contributed by atoms with Crippen molar-refractivity contribution in [3.63, 3.8) is 0 Å². The highest BCUT2D eigenvalue weighted by Gasteiger charge is 2.10. The standard InChI is InChI=1S/C7H6Cl2FOP/c1-11-5-2-3-7(12(8)9)6(10)4-5/h2-4H,1H3. The van der Waals surface area contributed by atoms with Gasteiger partial charge in [0.25, 0.3) is 0 Å². The average molecular weight is 227 g/mol. The van der Waals surface area contributed by atoms with Crippen LogP contribution in [0.2, 0.25) is 0 Å². The smallest absolute Gasteiger partial charge is 0.136 e. The van der Waals surface area contributed by atoms with Gasteiger partial charge in [0.1, 0.15) is 18.2 Å². The predicted molar refractivity (Wildman–Crippen MR) is 51.2 cm³/mol. The molecule has 1 nitrogen and oxygen atoms in total. The molecule has 0 radical (unpaired) electrons. The summed E-state index contributed by atoms with van der Waals surface area (Å²) in [5.74, 6) is 0.0342. The first kappa shape index (κ1) is 10.0. The molecule has 0 unspecified atom stereocenters.